The van der Waals surface area contributed by atoms with Crippen LogP contribution in [0.15, 0.2) is 48.7 Å². The van der Waals surface area contributed by atoms with E-state index in [4.69, 9.17) is 0 Å². The SMILES string of the molecule is Cc1nc(C(=O)N(C)[C@@H](C)c2ccccn2)nn1-c1ccccc1C(C)C. The maximum Gasteiger partial charge on any atom is 0.293 e. The van der Waals surface area contributed by atoms with E-state index >= 15 is 0 Å². The van der Waals surface area contributed by atoms with Gasteiger partial charge in [-0.2, -0.15) is 0 Å². The zero-order chi connectivity index (χ0) is 19.6. The Kier molecular flexibility index (Phi) is 5.35. The predicted octanol–water partition coefficient (Wildman–Crippen LogP) is 3.93. The van der Waals surface area contributed by atoms with Crippen LogP contribution in [-0.4, -0.2) is 37.6 Å². The predicted molar refractivity (Wildman–Crippen MR) is 105 cm³/mol. The molecule has 3 aromatic rings. The van der Waals surface area contributed by atoms with Crippen molar-refractivity contribution in [2.45, 2.75) is 39.7 Å². The number of nitrogens with zero attached hydrogens (tertiary/aromatic N) is 5. The van der Waals surface area contributed by atoms with Crippen molar-refractivity contribution in [3.8, 4) is 5.69 Å². The van der Waals surface area contributed by atoms with Crippen LogP contribution in [-0.2, 0) is 0 Å². The summed E-state index contributed by atoms with van der Waals surface area (Å²) in [5.74, 6) is 0.995. The zero-order valence-electron chi connectivity index (χ0n) is 16.4. The number of hydrogen-bond donors (Lipinski definition) is 0. The molecule has 3 rings (SSSR count). The molecule has 0 aliphatic carbocycles. The molecule has 0 N–H and O–H groups in total. The summed E-state index contributed by atoms with van der Waals surface area (Å²) in [6.45, 7) is 8.08. The largest absolute Gasteiger partial charge is 0.331 e. The number of benzene rings is 1. The lowest BCUT2D eigenvalue weighted by atomic mass is 10.0. The second-order valence-corrected chi connectivity index (χ2v) is 6.95. The quantitative estimate of drug-likeness (QED) is 0.689. The van der Waals surface area contributed by atoms with Gasteiger partial charge in [-0.1, -0.05) is 38.1 Å². The molecule has 0 aliphatic rings. The lowest BCUT2D eigenvalue weighted by Crippen LogP contribution is -2.31. The third kappa shape index (κ3) is 3.74. The van der Waals surface area contributed by atoms with Gasteiger partial charge in [-0.15, -0.1) is 5.10 Å². The highest BCUT2D eigenvalue weighted by Crippen LogP contribution is 2.24. The molecule has 6 heteroatoms. The first-order valence-electron chi connectivity index (χ1n) is 9.11. The number of carbonyl (C=O) groups excluding carboxylic acids is 1. The fourth-order valence-corrected chi connectivity index (χ4v) is 3.03. The van der Waals surface area contributed by atoms with Gasteiger partial charge in [0.2, 0.25) is 5.82 Å². The molecular formula is C21H25N5O. The van der Waals surface area contributed by atoms with E-state index < -0.39 is 0 Å². The Morgan fingerprint density at radius 2 is 1.78 bits per heavy atom. The molecule has 1 atom stereocenters. The minimum Gasteiger partial charge on any atom is -0.331 e. The Bertz CT molecular complexity index is 933. The van der Waals surface area contributed by atoms with E-state index in [9.17, 15) is 4.79 Å². The average molecular weight is 363 g/mol. The summed E-state index contributed by atoms with van der Waals surface area (Å²) in [5.41, 5.74) is 2.95. The Hall–Kier alpha value is -3.02. The topological polar surface area (TPSA) is 63.9 Å². The van der Waals surface area contributed by atoms with Crippen LogP contribution in [0.4, 0.5) is 0 Å². The van der Waals surface area contributed by atoms with Crippen molar-refractivity contribution in [1.29, 1.82) is 0 Å². The van der Waals surface area contributed by atoms with Crippen molar-refractivity contribution >= 4 is 5.91 Å². The van der Waals surface area contributed by atoms with Crippen LogP contribution in [0, 0.1) is 6.92 Å². The van der Waals surface area contributed by atoms with E-state index in [1.54, 1.807) is 22.8 Å². The molecule has 0 radical (unpaired) electrons. The molecule has 0 saturated heterocycles. The molecule has 140 valence electrons. The molecule has 0 spiro atoms. The second kappa shape index (κ2) is 7.70. The van der Waals surface area contributed by atoms with Gasteiger partial charge in [0.05, 0.1) is 17.4 Å². The van der Waals surface area contributed by atoms with E-state index in [0.717, 1.165) is 11.4 Å². The number of hydrogen-bond acceptors (Lipinski definition) is 4. The van der Waals surface area contributed by atoms with Gasteiger partial charge in [-0.05, 0) is 43.5 Å². The maximum atomic E-state index is 12.9. The van der Waals surface area contributed by atoms with Crippen LogP contribution in [0.2, 0.25) is 0 Å². The first-order chi connectivity index (χ1) is 12.9. The monoisotopic (exact) mass is 363 g/mol. The second-order valence-electron chi connectivity index (χ2n) is 6.95. The molecule has 0 aliphatic heterocycles. The number of aryl methyl sites for hydroxylation is 1. The highest BCUT2D eigenvalue weighted by atomic mass is 16.2. The summed E-state index contributed by atoms with van der Waals surface area (Å²) >= 11 is 0. The number of aromatic nitrogens is 4. The van der Waals surface area contributed by atoms with E-state index in [1.165, 1.54) is 5.56 Å². The van der Waals surface area contributed by atoms with Gasteiger partial charge in [0.1, 0.15) is 5.82 Å². The van der Waals surface area contributed by atoms with Gasteiger partial charge in [0.15, 0.2) is 0 Å². The number of amides is 1. The number of rotatable bonds is 5. The Balaban J connectivity index is 1.91. The molecule has 2 heterocycles. The van der Waals surface area contributed by atoms with E-state index in [-0.39, 0.29) is 17.8 Å². The van der Waals surface area contributed by atoms with Crippen molar-refractivity contribution in [3.63, 3.8) is 0 Å². The van der Waals surface area contributed by atoms with Gasteiger partial charge in [0.25, 0.3) is 5.91 Å². The van der Waals surface area contributed by atoms with Gasteiger partial charge >= 0.3 is 0 Å². The van der Waals surface area contributed by atoms with Gasteiger partial charge < -0.3 is 4.90 Å². The lowest BCUT2D eigenvalue weighted by Gasteiger charge is -2.23. The first kappa shape index (κ1) is 18.8. The van der Waals surface area contributed by atoms with Crippen molar-refractivity contribution in [2.24, 2.45) is 0 Å². The van der Waals surface area contributed by atoms with E-state index in [0.29, 0.717) is 11.7 Å². The van der Waals surface area contributed by atoms with Crippen LogP contribution in [0.5, 0.6) is 0 Å². The molecule has 1 aromatic carbocycles. The van der Waals surface area contributed by atoms with Crippen LogP contribution in [0.1, 0.15) is 60.4 Å². The van der Waals surface area contributed by atoms with Crippen molar-refractivity contribution in [1.82, 2.24) is 24.6 Å². The summed E-state index contributed by atoms with van der Waals surface area (Å²) in [7, 11) is 1.75. The maximum absolute atomic E-state index is 12.9. The standard InChI is InChI=1S/C21H25N5O/c1-14(2)17-10-6-7-12-19(17)26-16(4)23-20(24-26)21(27)25(5)15(3)18-11-8-9-13-22-18/h6-15H,1-5H3/t15-/m0/s1. The summed E-state index contributed by atoms with van der Waals surface area (Å²) in [6, 6.07) is 13.6. The summed E-state index contributed by atoms with van der Waals surface area (Å²) in [4.78, 5) is 23.3. The molecule has 2 aromatic heterocycles. The van der Waals surface area contributed by atoms with Crippen LogP contribution >= 0.6 is 0 Å². The van der Waals surface area contributed by atoms with Crippen LogP contribution < -0.4 is 0 Å². The number of pyridine rings is 1. The first-order valence-corrected chi connectivity index (χ1v) is 9.11. The fourth-order valence-electron chi connectivity index (χ4n) is 3.03. The lowest BCUT2D eigenvalue weighted by molar-refractivity contribution is 0.0727. The van der Waals surface area contributed by atoms with Crippen LogP contribution in [0.25, 0.3) is 5.69 Å². The zero-order valence-corrected chi connectivity index (χ0v) is 16.4. The molecule has 0 bridgehead atoms. The minimum atomic E-state index is -0.225. The van der Waals surface area contributed by atoms with Gasteiger partial charge in [0, 0.05) is 13.2 Å². The average Bonchev–Trinajstić information content (AvgIpc) is 3.08. The summed E-state index contributed by atoms with van der Waals surface area (Å²) in [6.07, 6.45) is 1.73. The molecule has 0 saturated carbocycles. The molecule has 0 fully saturated rings. The van der Waals surface area contributed by atoms with E-state index in [1.807, 2.05) is 50.2 Å². The fraction of sp³-hybridized carbons (Fsp3) is 0.333. The van der Waals surface area contributed by atoms with E-state index in [2.05, 4.69) is 35.0 Å². The molecule has 6 nitrogen and oxygen atoms in total. The molecule has 27 heavy (non-hydrogen) atoms. The summed E-state index contributed by atoms with van der Waals surface area (Å²) < 4.78 is 1.75. The molecule has 1 amide bonds. The smallest absolute Gasteiger partial charge is 0.293 e. The number of carbonyl (C=O) groups is 1. The van der Waals surface area contributed by atoms with Crippen molar-refractivity contribution in [3.05, 3.63) is 71.6 Å². The summed E-state index contributed by atoms with van der Waals surface area (Å²) in [5, 5.41) is 4.51. The highest BCUT2D eigenvalue weighted by molar-refractivity contribution is 5.90. The Morgan fingerprint density at radius 1 is 1.07 bits per heavy atom. The number of para-hydroxylation sites is 1. The minimum absolute atomic E-state index is 0.172. The Labute approximate surface area is 159 Å². The Morgan fingerprint density at radius 3 is 2.44 bits per heavy atom. The van der Waals surface area contributed by atoms with Crippen LogP contribution in [0.3, 0.4) is 0 Å². The highest BCUT2D eigenvalue weighted by Gasteiger charge is 2.24. The van der Waals surface area contributed by atoms with Gasteiger partial charge in [-0.25, -0.2) is 9.67 Å². The third-order valence-corrected chi connectivity index (χ3v) is 4.76. The van der Waals surface area contributed by atoms with Crippen molar-refractivity contribution < 1.29 is 4.79 Å². The normalized spacial score (nSPS) is 12.2. The molecular weight excluding hydrogens is 338 g/mol. The molecule has 0 unspecified atom stereocenters. The van der Waals surface area contributed by atoms with Gasteiger partial charge in [-0.3, -0.25) is 9.78 Å². The van der Waals surface area contributed by atoms with Crippen molar-refractivity contribution in [2.75, 3.05) is 7.05 Å². The third-order valence-electron chi connectivity index (χ3n) is 4.76.